The molecule has 0 spiro atoms. The zero-order chi connectivity index (χ0) is 17.4. The molecule has 0 unspecified atom stereocenters. The molecule has 1 N–H and O–H groups in total. The van der Waals surface area contributed by atoms with Crippen molar-refractivity contribution in [1.29, 1.82) is 0 Å². The summed E-state index contributed by atoms with van der Waals surface area (Å²) in [6, 6.07) is 8.79. The first kappa shape index (κ1) is 17.7. The standard InChI is InChI=1S/C17H22N4O3/c1-3-8-15-19-14(20-24-15)12-21(4-2)16(22)11-18-17(23)13-9-6-5-7-10-13/h5-7,9-10H,3-4,8,11-12H2,1-2H3,(H,18,23). The van der Waals surface area contributed by atoms with E-state index >= 15 is 0 Å². The molecule has 0 aliphatic rings. The van der Waals surface area contributed by atoms with E-state index in [2.05, 4.69) is 15.5 Å². The minimum absolute atomic E-state index is 0.0682. The summed E-state index contributed by atoms with van der Waals surface area (Å²) in [5.74, 6) is 0.588. The average molecular weight is 330 g/mol. The first-order valence-electron chi connectivity index (χ1n) is 8.06. The van der Waals surface area contributed by atoms with Crippen molar-refractivity contribution in [3.8, 4) is 0 Å². The van der Waals surface area contributed by atoms with Crippen LogP contribution in [0.2, 0.25) is 0 Å². The third kappa shape index (κ3) is 4.91. The Morgan fingerprint density at radius 1 is 1.21 bits per heavy atom. The fraction of sp³-hybridized carbons (Fsp3) is 0.412. The highest BCUT2D eigenvalue weighted by Gasteiger charge is 2.16. The molecule has 2 amide bonds. The highest BCUT2D eigenvalue weighted by molar-refractivity contribution is 5.96. The van der Waals surface area contributed by atoms with E-state index in [1.807, 2.05) is 19.9 Å². The number of aryl methyl sites for hydroxylation is 1. The fourth-order valence-electron chi connectivity index (χ4n) is 2.18. The Bertz CT molecular complexity index is 669. The van der Waals surface area contributed by atoms with E-state index in [0.717, 1.165) is 12.8 Å². The quantitative estimate of drug-likeness (QED) is 0.797. The van der Waals surface area contributed by atoms with Crippen molar-refractivity contribution in [2.45, 2.75) is 33.2 Å². The second-order valence-corrected chi connectivity index (χ2v) is 5.31. The van der Waals surface area contributed by atoms with Gasteiger partial charge in [0.2, 0.25) is 11.8 Å². The van der Waals surface area contributed by atoms with Crippen LogP contribution in [0.5, 0.6) is 0 Å². The van der Waals surface area contributed by atoms with Crippen LogP contribution in [0.3, 0.4) is 0 Å². The number of amides is 2. The summed E-state index contributed by atoms with van der Waals surface area (Å²) in [7, 11) is 0. The topological polar surface area (TPSA) is 88.3 Å². The molecule has 0 radical (unpaired) electrons. The Morgan fingerprint density at radius 2 is 1.96 bits per heavy atom. The van der Waals surface area contributed by atoms with Gasteiger partial charge in [-0.15, -0.1) is 0 Å². The molecular weight excluding hydrogens is 308 g/mol. The lowest BCUT2D eigenvalue weighted by molar-refractivity contribution is -0.130. The molecule has 24 heavy (non-hydrogen) atoms. The smallest absolute Gasteiger partial charge is 0.251 e. The van der Waals surface area contributed by atoms with Crippen LogP contribution >= 0.6 is 0 Å². The van der Waals surface area contributed by atoms with Crippen LogP contribution in [-0.2, 0) is 17.8 Å². The Morgan fingerprint density at radius 3 is 2.62 bits per heavy atom. The Labute approximate surface area is 141 Å². The number of nitrogens with zero attached hydrogens (tertiary/aromatic N) is 3. The molecule has 2 aromatic rings. The number of carbonyl (C=O) groups is 2. The van der Waals surface area contributed by atoms with Gasteiger partial charge in [-0.2, -0.15) is 4.98 Å². The van der Waals surface area contributed by atoms with Gasteiger partial charge in [-0.3, -0.25) is 9.59 Å². The molecule has 2 rings (SSSR count). The zero-order valence-electron chi connectivity index (χ0n) is 14.0. The van der Waals surface area contributed by atoms with Crippen molar-refractivity contribution in [3.05, 3.63) is 47.6 Å². The molecule has 0 saturated carbocycles. The summed E-state index contributed by atoms with van der Waals surface area (Å²) in [5, 5.41) is 6.51. The van der Waals surface area contributed by atoms with Crippen LogP contribution in [0.1, 0.15) is 42.3 Å². The molecule has 0 bridgehead atoms. The van der Waals surface area contributed by atoms with E-state index in [0.29, 0.717) is 23.8 Å². The lowest BCUT2D eigenvalue weighted by atomic mass is 10.2. The second kappa shape index (κ2) is 8.81. The summed E-state index contributed by atoms with van der Waals surface area (Å²) < 4.78 is 5.12. The number of benzene rings is 1. The largest absolute Gasteiger partial charge is 0.343 e. The Balaban J connectivity index is 1.87. The van der Waals surface area contributed by atoms with Gasteiger partial charge in [-0.05, 0) is 25.5 Å². The number of carbonyl (C=O) groups excluding carboxylic acids is 2. The van der Waals surface area contributed by atoms with E-state index in [1.54, 1.807) is 29.2 Å². The van der Waals surface area contributed by atoms with Gasteiger partial charge in [-0.1, -0.05) is 30.3 Å². The molecule has 0 atom stereocenters. The molecule has 0 fully saturated rings. The SMILES string of the molecule is CCCc1nc(CN(CC)C(=O)CNC(=O)c2ccccc2)no1. The number of aromatic nitrogens is 2. The van der Waals surface area contributed by atoms with Crippen molar-refractivity contribution in [2.24, 2.45) is 0 Å². The van der Waals surface area contributed by atoms with E-state index in [1.165, 1.54) is 0 Å². The summed E-state index contributed by atoms with van der Waals surface area (Å²) in [6.45, 7) is 4.59. The van der Waals surface area contributed by atoms with Crippen LogP contribution in [0.25, 0.3) is 0 Å². The van der Waals surface area contributed by atoms with E-state index in [9.17, 15) is 9.59 Å². The van der Waals surface area contributed by atoms with E-state index in [-0.39, 0.29) is 24.9 Å². The summed E-state index contributed by atoms with van der Waals surface area (Å²) in [5.41, 5.74) is 0.524. The molecule has 1 heterocycles. The molecule has 7 nitrogen and oxygen atoms in total. The minimum atomic E-state index is -0.273. The second-order valence-electron chi connectivity index (χ2n) is 5.31. The Hall–Kier alpha value is -2.70. The maximum atomic E-state index is 12.3. The minimum Gasteiger partial charge on any atom is -0.343 e. The van der Waals surface area contributed by atoms with Crippen LogP contribution in [0.4, 0.5) is 0 Å². The molecule has 0 aliphatic heterocycles. The van der Waals surface area contributed by atoms with Gasteiger partial charge in [0, 0.05) is 18.5 Å². The van der Waals surface area contributed by atoms with Crippen molar-refractivity contribution in [2.75, 3.05) is 13.1 Å². The summed E-state index contributed by atoms with van der Waals surface area (Å²) in [6.07, 6.45) is 1.64. The lowest BCUT2D eigenvalue weighted by Gasteiger charge is -2.19. The number of hydrogen-bond acceptors (Lipinski definition) is 5. The van der Waals surface area contributed by atoms with E-state index in [4.69, 9.17) is 4.52 Å². The van der Waals surface area contributed by atoms with Gasteiger partial charge in [0.15, 0.2) is 5.82 Å². The van der Waals surface area contributed by atoms with Crippen molar-refractivity contribution >= 4 is 11.8 Å². The molecule has 0 aliphatic carbocycles. The van der Waals surface area contributed by atoms with Gasteiger partial charge >= 0.3 is 0 Å². The predicted octanol–water partition coefficient (Wildman–Crippen LogP) is 1.80. The first-order chi connectivity index (χ1) is 11.6. The number of rotatable bonds is 8. The van der Waals surface area contributed by atoms with Gasteiger partial charge in [-0.25, -0.2) is 0 Å². The molecule has 0 saturated heterocycles. The van der Waals surface area contributed by atoms with Gasteiger partial charge in [0.05, 0.1) is 13.1 Å². The Kier molecular flexibility index (Phi) is 6.48. The van der Waals surface area contributed by atoms with Crippen LogP contribution < -0.4 is 5.32 Å². The maximum Gasteiger partial charge on any atom is 0.251 e. The fourth-order valence-corrected chi connectivity index (χ4v) is 2.18. The van der Waals surface area contributed by atoms with Crippen molar-refractivity contribution in [1.82, 2.24) is 20.4 Å². The highest BCUT2D eigenvalue weighted by atomic mass is 16.5. The van der Waals surface area contributed by atoms with Gasteiger partial charge in [0.25, 0.3) is 5.91 Å². The van der Waals surface area contributed by atoms with Crippen molar-refractivity contribution in [3.63, 3.8) is 0 Å². The third-order valence-corrected chi connectivity index (χ3v) is 3.48. The van der Waals surface area contributed by atoms with Crippen molar-refractivity contribution < 1.29 is 14.1 Å². The third-order valence-electron chi connectivity index (χ3n) is 3.48. The summed E-state index contributed by atoms with van der Waals surface area (Å²) in [4.78, 5) is 30.1. The molecule has 128 valence electrons. The summed E-state index contributed by atoms with van der Waals surface area (Å²) >= 11 is 0. The number of likely N-dealkylation sites (N-methyl/N-ethyl adjacent to an activating group) is 1. The maximum absolute atomic E-state index is 12.3. The van der Waals surface area contributed by atoms with E-state index < -0.39 is 0 Å². The first-order valence-corrected chi connectivity index (χ1v) is 8.06. The van der Waals surface area contributed by atoms with Crippen LogP contribution in [0.15, 0.2) is 34.9 Å². The predicted molar refractivity (Wildman–Crippen MR) is 88.2 cm³/mol. The number of hydrogen-bond donors (Lipinski definition) is 1. The number of nitrogens with one attached hydrogen (secondary N) is 1. The monoisotopic (exact) mass is 330 g/mol. The van der Waals surface area contributed by atoms with Gasteiger partial charge < -0.3 is 14.7 Å². The van der Waals surface area contributed by atoms with Crippen LogP contribution in [-0.4, -0.2) is 39.9 Å². The normalized spacial score (nSPS) is 10.4. The average Bonchev–Trinajstić information content (AvgIpc) is 3.05. The molecule has 7 heteroatoms. The van der Waals surface area contributed by atoms with Crippen LogP contribution in [0, 0.1) is 0 Å². The zero-order valence-corrected chi connectivity index (χ0v) is 14.0. The highest BCUT2D eigenvalue weighted by Crippen LogP contribution is 2.04. The van der Waals surface area contributed by atoms with Gasteiger partial charge in [0.1, 0.15) is 0 Å². The molecular formula is C17H22N4O3. The molecule has 1 aromatic carbocycles. The molecule has 1 aromatic heterocycles. The lowest BCUT2D eigenvalue weighted by Crippen LogP contribution is -2.40.